The molecular formula is C14H12Cl2O3. The van der Waals surface area contributed by atoms with Crippen LogP contribution in [-0.4, -0.2) is 11.1 Å². The van der Waals surface area contributed by atoms with Crippen LogP contribution in [0.15, 0.2) is 41.0 Å². The lowest BCUT2D eigenvalue weighted by molar-refractivity contribution is -0.143. The third kappa shape index (κ3) is 2.77. The molecule has 1 atom stereocenters. The molecule has 0 radical (unpaired) electrons. The van der Waals surface area contributed by atoms with E-state index in [4.69, 9.17) is 27.6 Å². The van der Waals surface area contributed by atoms with Crippen molar-refractivity contribution < 1.29 is 14.3 Å². The van der Waals surface area contributed by atoms with Gasteiger partial charge in [-0.3, -0.25) is 4.79 Å². The van der Waals surface area contributed by atoms with E-state index in [0.717, 1.165) is 0 Å². The number of hydrogen-bond acceptors (Lipinski definition) is 2. The zero-order chi connectivity index (χ0) is 14.0. The van der Waals surface area contributed by atoms with Gasteiger partial charge in [0.1, 0.15) is 5.76 Å². The van der Waals surface area contributed by atoms with Crippen LogP contribution in [0.1, 0.15) is 18.2 Å². The minimum Gasteiger partial charge on any atom is -0.481 e. The number of aliphatic carboxylic acids is 1. The van der Waals surface area contributed by atoms with Crippen molar-refractivity contribution in [3.8, 4) is 0 Å². The summed E-state index contributed by atoms with van der Waals surface area (Å²) in [5.74, 6) is -0.394. The average molecular weight is 299 g/mol. The van der Waals surface area contributed by atoms with Crippen LogP contribution in [0.2, 0.25) is 10.0 Å². The van der Waals surface area contributed by atoms with E-state index in [1.54, 1.807) is 37.3 Å². The summed E-state index contributed by atoms with van der Waals surface area (Å²) in [6.45, 7) is 1.61. The van der Waals surface area contributed by atoms with Crippen LogP contribution in [0.3, 0.4) is 0 Å². The normalized spacial score (nSPS) is 14.1. The quantitative estimate of drug-likeness (QED) is 0.921. The fourth-order valence-corrected chi connectivity index (χ4v) is 2.47. The summed E-state index contributed by atoms with van der Waals surface area (Å²) in [7, 11) is 0. The molecule has 0 bridgehead atoms. The molecule has 100 valence electrons. The van der Waals surface area contributed by atoms with Crippen molar-refractivity contribution in [3.05, 3.63) is 58.0 Å². The number of carboxylic acids is 1. The minimum atomic E-state index is -1.19. The van der Waals surface area contributed by atoms with Crippen LogP contribution in [-0.2, 0) is 16.6 Å². The highest BCUT2D eigenvalue weighted by Gasteiger charge is 2.38. The molecule has 19 heavy (non-hydrogen) atoms. The summed E-state index contributed by atoms with van der Waals surface area (Å²) in [5, 5.41) is 10.4. The van der Waals surface area contributed by atoms with Crippen LogP contribution in [0.4, 0.5) is 0 Å². The van der Waals surface area contributed by atoms with E-state index in [1.807, 2.05) is 0 Å². The van der Waals surface area contributed by atoms with Gasteiger partial charge in [-0.1, -0.05) is 23.2 Å². The lowest BCUT2D eigenvalue weighted by Crippen LogP contribution is -2.35. The summed E-state index contributed by atoms with van der Waals surface area (Å²) in [6, 6.07) is 8.27. The Bertz CT molecular complexity index is 593. The molecule has 0 saturated heterocycles. The fourth-order valence-electron chi connectivity index (χ4n) is 1.97. The van der Waals surface area contributed by atoms with Crippen molar-refractivity contribution in [1.82, 2.24) is 0 Å². The maximum atomic E-state index is 11.7. The topological polar surface area (TPSA) is 50.4 Å². The van der Waals surface area contributed by atoms with Crippen LogP contribution in [0.25, 0.3) is 0 Å². The Hall–Kier alpha value is -1.45. The summed E-state index contributed by atoms with van der Waals surface area (Å²) in [6.07, 6.45) is 1.71. The molecule has 5 heteroatoms. The van der Waals surface area contributed by atoms with Gasteiger partial charge in [-0.2, -0.15) is 0 Å². The molecule has 2 rings (SSSR count). The molecule has 1 heterocycles. The first kappa shape index (κ1) is 14.0. The predicted octanol–water partition coefficient (Wildman–Crippen LogP) is 4.17. The summed E-state index contributed by atoms with van der Waals surface area (Å²) >= 11 is 12.0. The fraction of sp³-hybridized carbons (Fsp3) is 0.214. The van der Waals surface area contributed by atoms with Gasteiger partial charge in [-0.05, 0) is 42.8 Å². The molecule has 0 spiro atoms. The average Bonchev–Trinajstić information content (AvgIpc) is 2.84. The third-order valence-corrected chi connectivity index (χ3v) is 3.67. The molecule has 0 aliphatic carbocycles. The zero-order valence-electron chi connectivity index (χ0n) is 10.2. The van der Waals surface area contributed by atoms with Crippen molar-refractivity contribution in [2.24, 2.45) is 0 Å². The second-order valence-electron chi connectivity index (χ2n) is 4.52. The van der Waals surface area contributed by atoms with E-state index in [1.165, 1.54) is 6.26 Å². The van der Waals surface area contributed by atoms with Crippen molar-refractivity contribution >= 4 is 29.2 Å². The van der Waals surface area contributed by atoms with Crippen LogP contribution in [0, 0.1) is 0 Å². The number of furan rings is 1. The van der Waals surface area contributed by atoms with Crippen molar-refractivity contribution in [3.63, 3.8) is 0 Å². The van der Waals surface area contributed by atoms with Crippen molar-refractivity contribution in [2.45, 2.75) is 18.8 Å². The smallest absolute Gasteiger partial charge is 0.314 e. The van der Waals surface area contributed by atoms with Gasteiger partial charge in [0.05, 0.1) is 11.7 Å². The first-order chi connectivity index (χ1) is 8.93. The highest BCUT2D eigenvalue weighted by atomic mass is 35.5. The number of benzene rings is 1. The molecule has 2 aromatic rings. The van der Waals surface area contributed by atoms with E-state index >= 15 is 0 Å². The molecule has 0 aliphatic heterocycles. The van der Waals surface area contributed by atoms with Crippen LogP contribution in [0.5, 0.6) is 0 Å². The van der Waals surface area contributed by atoms with Gasteiger partial charge in [0.25, 0.3) is 0 Å². The highest BCUT2D eigenvalue weighted by Crippen LogP contribution is 2.35. The molecular weight excluding hydrogens is 287 g/mol. The Morgan fingerprint density at radius 2 is 2.11 bits per heavy atom. The molecule has 0 fully saturated rings. The number of hydrogen-bond donors (Lipinski definition) is 1. The van der Waals surface area contributed by atoms with Gasteiger partial charge in [0, 0.05) is 16.5 Å². The minimum absolute atomic E-state index is 0.204. The zero-order valence-corrected chi connectivity index (χ0v) is 11.7. The SMILES string of the molecule is CC(Cc1ccco1)(C(=O)O)c1cc(Cl)ccc1Cl. The van der Waals surface area contributed by atoms with Gasteiger partial charge in [-0.25, -0.2) is 0 Å². The van der Waals surface area contributed by atoms with Gasteiger partial charge < -0.3 is 9.52 Å². The van der Waals surface area contributed by atoms with E-state index in [-0.39, 0.29) is 6.42 Å². The number of carbonyl (C=O) groups is 1. The first-order valence-electron chi connectivity index (χ1n) is 5.65. The van der Waals surface area contributed by atoms with Gasteiger partial charge >= 0.3 is 5.97 Å². The number of halogens is 2. The number of rotatable bonds is 4. The highest BCUT2D eigenvalue weighted by molar-refractivity contribution is 6.33. The first-order valence-corrected chi connectivity index (χ1v) is 6.40. The Morgan fingerprint density at radius 3 is 2.68 bits per heavy atom. The molecule has 0 amide bonds. The molecule has 3 nitrogen and oxygen atoms in total. The molecule has 0 saturated carbocycles. The van der Waals surface area contributed by atoms with Crippen LogP contribution >= 0.6 is 23.2 Å². The lowest BCUT2D eigenvalue weighted by Gasteiger charge is -2.25. The monoisotopic (exact) mass is 298 g/mol. The molecule has 1 N–H and O–H groups in total. The molecule has 1 aromatic carbocycles. The maximum absolute atomic E-state index is 11.7. The summed E-state index contributed by atoms with van der Waals surface area (Å²) in [5.41, 5.74) is -0.717. The van der Waals surface area contributed by atoms with E-state index in [0.29, 0.717) is 21.4 Å². The predicted molar refractivity (Wildman–Crippen MR) is 73.9 cm³/mol. The van der Waals surface area contributed by atoms with Crippen LogP contribution < -0.4 is 0 Å². The van der Waals surface area contributed by atoms with Gasteiger partial charge in [-0.15, -0.1) is 0 Å². The van der Waals surface area contributed by atoms with Crippen molar-refractivity contribution in [2.75, 3.05) is 0 Å². The second kappa shape index (κ2) is 5.27. The maximum Gasteiger partial charge on any atom is 0.314 e. The molecule has 1 unspecified atom stereocenters. The Labute approximate surface area is 120 Å². The van der Waals surface area contributed by atoms with E-state index < -0.39 is 11.4 Å². The van der Waals surface area contributed by atoms with Crippen molar-refractivity contribution in [1.29, 1.82) is 0 Å². The third-order valence-electron chi connectivity index (χ3n) is 3.10. The standard InChI is InChI=1S/C14H12Cl2O3/c1-14(13(17)18,8-10-3-2-6-19-10)11-7-9(15)4-5-12(11)16/h2-7H,8H2,1H3,(H,17,18). The largest absolute Gasteiger partial charge is 0.481 e. The summed E-state index contributed by atoms with van der Waals surface area (Å²) in [4.78, 5) is 11.7. The molecule has 1 aromatic heterocycles. The van der Waals surface area contributed by atoms with E-state index in [2.05, 4.69) is 0 Å². The van der Waals surface area contributed by atoms with E-state index in [9.17, 15) is 9.90 Å². The summed E-state index contributed by atoms with van der Waals surface area (Å²) < 4.78 is 5.23. The Morgan fingerprint density at radius 1 is 1.37 bits per heavy atom. The molecule has 0 aliphatic rings. The lowest BCUT2D eigenvalue weighted by atomic mass is 9.79. The Kier molecular flexibility index (Phi) is 3.88. The number of carboxylic acid groups (broad SMARTS) is 1. The second-order valence-corrected chi connectivity index (χ2v) is 5.36. The van der Waals surface area contributed by atoms with Gasteiger partial charge in [0.2, 0.25) is 0 Å². The Balaban J connectivity index is 2.49. The van der Waals surface area contributed by atoms with Gasteiger partial charge in [0.15, 0.2) is 0 Å².